The number of hydrogen-bond acceptors (Lipinski definition) is 5. The second kappa shape index (κ2) is 5.82. The molecule has 0 aliphatic rings. The standard InChI is InChI=1S/C13H14O4S/c1-2-3-4-5-12(14)16-9-6-7-10-11(8-9)18-13(15)17-10/h6-8H,2-5H2,1H3. The molecule has 0 spiro atoms. The highest BCUT2D eigenvalue weighted by atomic mass is 32.1. The zero-order valence-electron chi connectivity index (χ0n) is 10.1. The van der Waals surface area contributed by atoms with Crippen LogP contribution in [-0.4, -0.2) is 5.97 Å². The topological polar surface area (TPSA) is 56.5 Å². The van der Waals surface area contributed by atoms with Crippen LogP contribution in [0.25, 0.3) is 10.3 Å². The minimum absolute atomic E-state index is 0.237. The fourth-order valence-corrected chi connectivity index (χ4v) is 2.31. The summed E-state index contributed by atoms with van der Waals surface area (Å²) < 4.78 is 10.8. The van der Waals surface area contributed by atoms with E-state index in [1.54, 1.807) is 18.2 Å². The Morgan fingerprint density at radius 2 is 2.22 bits per heavy atom. The van der Waals surface area contributed by atoms with Crippen LogP contribution in [0.4, 0.5) is 0 Å². The molecule has 96 valence electrons. The van der Waals surface area contributed by atoms with Gasteiger partial charge in [0.15, 0.2) is 0 Å². The average Bonchev–Trinajstić information content (AvgIpc) is 2.69. The zero-order chi connectivity index (χ0) is 13.0. The molecular weight excluding hydrogens is 252 g/mol. The van der Waals surface area contributed by atoms with Crippen LogP contribution >= 0.6 is 11.3 Å². The largest absolute Gasteiger partial charge is 0.426 e. The van der Waals surface area contributed by atoms with Crippen molar-refractivity contribution in [3.05, 3.63) is 27.9 Å². The Bertz CT molecular complexity index is 596. The SMILES string of the molecule is CCCCCC(=O)Oc1ccc2oc(=O)sc2c1. The third-order valence-electron chi connectivity index (χ3n) is 2.52. The number of rotatable bonds is 5. The van der Waals surface area contributed by atoms with Gasteiger partial charge in [-0.2, -0.15) is 0 Å². The molecule has 0 aliphatic carbocycles. The van der Waals surface area contributed by atoms with Gasteiger partial charge in [-0.05, 0) is 18.6 Å². The highest BCUT2D eigenvalue weighted by molar-refractivity contribution is 7.16. The Hall–Kier alpha value is -1.62. The van der Waals surface area contributed by atoms with Gasteiger partial charge in [-0.1, -0.05) is 31.1 Å². The Balaban J connectivity index is 2.02. The summed E-state index contributed by atoms with van der Waals surface area (Å²) in [5.74, 6) is 0.222. The highest BCUT2D eigenvalue weighted by Gasteiger charge is 2.07. The fourth-order valence-electron chi connectivity index (χ4n) is 1.62. The third kappa shape index (κ3) is 3.20. The molecule has 5 heteroatoms. The summed E-state index contributed by atoms with van der Waals surface area (Å²) in [4.78, 5) is 22.2. The summed E-state index contributed by atoms with van der Waals surface area (Å²) in [6, 6.07) is 4.93. The van der Waals surface area contributed by atoms with E-state index in [4.69, 9.17) is 9.15 Å². The Morgan fingerprint density at radius 1 is 1.39 bits per heavy atom. The van der Waals surface area contributed by atoms with E-state index in [0.717, 1.165) is 30.6 Å². The van der Waals surface area contributed by atoms with Gasteiger partial charge >= 0.3 is 10.9 Å². The lowest BCUT2D eigenvalue weighted by Gasteiger charge is -2.03. The molecule has 0 N–H and O–H groups in total. The predicted octanol–water partition coefficient (Wildman–Crippen LogP) is 3.34. The number of unbranched alkanes of at least 4 members (excludes halogenated alkanes) is 2. The van der Waals surface area contributed by atoms with Crippen molar-refractivity contribution < 1.29 is 13.9 Å². The van der Waals surface area contributed by atoms with E-state index in [1.807, 2.05) is 0 Å². The number of benzene rings is 1. The summed E-state index contributed by atoms with van der Waals surface area (Å²) in [6.45, 7) is 2.08. The van der Waals surface area contributed by atoms with Crippen LogP contribution < -0.4 is 9.68 Å². The maximum Gasteiger partial charge on any atom is 0.396 e. The van der Waals surface area contributed by atoms with Crippen LogP contribution in [-0.2, 0) is 4.79 Å². The molecule has 0 unspecified atom stereocenters. The number of carbonyl (C=O) groups excluding carboxylic acids is 1. The smallest absolute Gasteiger partial charge is 0.396 e. The number of carbonyl (C=O) groups is 1. The van der Waals surface area contributed by atoms with E-state index in [1.165, 1.54) is 0 Å². The third-order valence-corrected chi connectivity index (χ3v) is 3.31. The predicted molar refractivity (Wildman–Crippen MR) is 70.1 cm³/mol. The fraction of sp³-hybridized carbons (Fsp3) is 0.385. The molecule has 18 heavy (non-hydrogen) atoms. The summed E-state index contributed by atoms with van der Waals surface area (Å²) in [5, 5.41) is 0. The van der Waals surface area contributed by atoms with Crippen LogP contribution in [0.3, 0.4) is 0 Å². The van der Waals surface area contributed by atoms with Crippen molar-refractivity contribution in [2.45, 2.75) is 32.6 Å². The van der Waals surface area contributed by atoms with E-state index in [-0.39, 0.29) is 10.9 Å². The van der Waals surface area contributed by atoms with Gasteiger partial charge < -0.3 is 9.15 Å². The first-order valence-corrected chi connectivity index (χ1v) is 6.75. The number of fused-ring (bicyclic) bond motifs is 1. The van der Waals surface area contributed by atoms with Gasteiger partial charge in [0, 0.05) is 12.5 Å². The van der Waals surface area contributed by atoms with Crippen LogP contribution in [0, 0.1) is 0 Å². The van der Waals surface area contributed by atoms with Crippen molar-refractivity contribution in [2.75, 3.05) is 0 Å². The molecule has 0 aliphatic heterocycles. The summed E-state index contributed by atoms with van der Waals surface area (Å²) in [6.07, 6.45) is 3.36. The first-order valence-electron chi connectivity index (χ1n) is 5.93. The molecule has 1 aromatic heterocycles. The summed E-state index contributed by atoms with van der Waals surface area (Å²) >= 11 is 1.00. The van der Waals surface area contributed by atoms with Gasteiger partial charge in [-0.25, -0.2) is 4.79 Å². The maximum absolute atomic E-state index is 11.5. The van der Waals surface area contributed by atoms with Gasteiger partial charge in [0.25, 0.3) is 0 Å². The molecule has 0 radical (unpaired) electrons. The van der Waals surface area contributed by atoms with Crippen molar-refractivity contribution in [1.29, 1.82) is 0 Å². The Kier molecular flexibility index (Phi) is 4.15. The number of ether oxygens (including phenoxy) is 1. The van der Waals surface area contributed by atoms with Gasteiger partial charge in [0.1, 0.15) is 11.3 Å². The molecule has 1 heterocycles. The van der Waals surface area contributed by atoms with Gasteiger partial charge in [0.05, 0.1) is 4.70 Å². The molecule has 2 rings (SSSR count). The lowest BCUT2D eigenvalue weighted by atomic mass is 10.2. The molecule has 0 bridgehead atoms. The summed E-state index contributed by atoms with van der Waals surface area (Å²) in [5.41, 5.74) is 0.524. The van der Waals surface area contributed by atoms with E-state index < -0.39 is 0 Å². The molecule has 0 fully saturated rings. The van der Waals surface area contributed by atoms with E-state index in [2.05, 4.69) is 6.92 Å². The van der Waals surface area contributed by atoms with E-state index >= 15 is 0 Å². The number of esters is 1. The molecular formula is C13H14O4S. The van der Waals surface area contributed by atoms with Crippen molar-refractivity contribution in [2.24, 2.45) is 0 Å². The molecule has 2 aromatic rings. The average molecular weight is 266 g/mol. The van der Waals surface area contributed by atoms with Crippen LogP contribution in [0.15, 0.2) is 27.4 Å². The monoisotopic (exact) mass is 266 g/mol. The number of hydrogen-bond donors (Lipinski definition) is 0. The zero-order valence-corrected chi connectivity index (χ0v) is 10.9. The molecule has 0 saturated heterocycles. The second-order valence-corrected chi connectivity index (χ2v) is 4.97. The van der Waals surface area contributed by atoms with E-state index in [0.29, 0.717) is 22.5 Å². The molecule has 1 aromatic carbocycles. The van der Waals surface area contributed by atoms with Crippen molar-refractivity contribution in [3.63, 3.8) is 0 Å². The van der Waals surface area contributed by atoms with E-state index in [9.17, 15) is 9.59 Å². The lowest BCUT2D eigenvalue weighted by molar-refractivity contribution is -0.134. The van der Waals surface area contributed by atoms with Crippen LogP contribution in [0.1, 0.15) is 32.6 Å². The van der Waals surface area contributed by atoms with Crippen molar-refractivity contribution in [3.8, 4) is 5.75 Å². The molecule has 0 saturated carbocycles. The van der Waals surface area contributed by atoms with Gasteiger partial charge in [-0.3, -0.25) is 4.79 Å². The lowest BCUT2D eigenvalue weighted by Crippen LogP contribution is -2.07. The normalized spacial score (nSPS) is 10.7. The molecule has 0 atom stereocenters. The minimum Gasteiger partial charge on any atom is -0.426 e. The van der Waals surface area contributed by atoms with Crippen molar-refractivity contribution >= 4 is 27.6 Å². The minimum atomic E-state index is -0.351. The van der Waals surface area contributed by atoms with Gasteiger partial charge in [-0.15, -0.1) is 0 Å². The first kappa shape index (κ1) is 12.8. The van der Waals surface area contributed by atoms with Crippen LogP contribution in [0.5, 0.6) is 5.75 Å². The van der Waals surface area contributed by atoms with Crippen molar-refractivity contribution in [1.82, 2.24) is 0 Å². The molecule has 4 nitrogen and oxygen atoms in total. The quantitative estimate of drug-likeness (QED) is 0.473. The Labute approximate surface area is 108 Å². The molecule has 0 amide bonds. The second-order valence-electron chi connectivity index (χ2n) is 3.99. The van der Waals surface area contributed by atoms with Crippen LogP contribution in [0.2, 0.25) is 0 Å². The summed E-state index contributed by atoms with van der Waals surface area (Å²) in [7, 11) is 0. The Morgan fingerprint density at radius 3 is 3.00 bits per heavy atom. The highest BCUT2D eigenvalue weighted by Crippen LogP contribution is 2.23. The first-order chi connectivity index (χ1) is 8.69. The van der Waals surface area contributed by atoms with Gasteiger partial charge in [0.2, 0.25) is 0 Å². The maximum atomic E-state index is 11.5.